The highest BCUT2D eigenvalue weighted by Crippen LogP contribution is 2.15. The number of aliphatic imine (C=N–C) groups is 1. The van der Waals surface area contributed by atoms with Crippen molar-refractivity contribution >= 4 is 29.9 Å². The van der Waals surface area contributed by atoms with E-state index >= 15 is 0 Å². The lowest BCUT2D eigenvalue weighted by Gasteiger charge is -2.18. The first-order chi connectivity index (χ1) is 8.52. The zero-order valence-electron chi connectivity index (χ0n) is 10.8. The van der Waals surface area contributed by atoms with Crippen molar-refractivity contribution in [3.63, 3.8) is 0 Å². The Morgan fingerprint density at radius 2 is 1.95 bits per heavy atom. The molecule has 1 rings (SSSR count). The third-order valence-electron chi connectivity index (χ3n) is 2.28. The van der Waals surface area contributed by atoms with Crippen LogP contribution in [0.3, 0.4) is 0 Å². The lowest BCUT2D eigenvalue weighted by Crippen LogP contribution is -2.33. The summed E-state index contributed by atoms with van der Waals surface area (Å²) in [4.78, 5) is 5.86. The Kier molecular flexibility index (Phi) is 8.37. The quantitative estimate of drug-likeness (QED) is 0.482. The summed E-state index contributed by atoms with van der Waals surface area (Å²) in [6.07, 6.45) is 0. The Balaban J connectivity index is 0.00000324. The number of rotatable bonds is 5. The van der Waals surface area contributed by atoms with Gasteiger partial charge < -0.3 is 15.4 Å². The first-order valence-corrected chi connectivity index (χ1v) is 5.57. The minimum atomic E-state index is -2.80. The number of benzene rings is 1. The standard InChI is InChI=1S/C12H17F2N3O.HI/c1-3-16-12(15)17(2)8-9-4-6-10(7-5-9)18-11(13)14;/h4-7,11H,3,8H2,1-2H3,(H2,15,16);1H. The lowest BCUT2D eigenvalue weighted by molar-refractivity contribution is -0.0498. The van der Waals surface area contributed by atoms with Gasteiger partial charge in [0.05, 0.1) is 0 Å². The number of hydrogen-bond donors (Lipinski definition) is 1. The van der Waals surface area contributed by atoms with E-state index in [0.717, 1.165) is 5.56 Å². The second kappa shape index (κ2) is 8.89. The molecule has 0 aliphatic rings. The fraction of sp³-hybridized carbons (Fsp3) is 0.417. The molecule has 0 heterocycles. The number of halogens is 3. The van der Waals surface area contributed by atoms with Crippen molar-refractivity contribution in [2.45, 2.75) is 20.1 Å². The second-order valence-electron chi connectivity index (χ2n) is 3.71. The van der Waals surface area contributed by atoms with E-state index in [1.807, 2.05) is 14.0 Å². The Hall–Kier alpha value is -1.12. The Labute approximate surface area is 128 Å². The van der Waals surface area contributed by atoms with E-state index in [1.165, 1.54) is 12.1 Å². The van der Waals surface area contributed by atoms with Crippen LogP contribution in [0.2, 0.25) is 0 Å². The minimum absolute atomic E-state index is 0. The number of ether oxygens (including phenoxy) is 1. The first-order valence-electron chi connectivity index (χ1n) is 5.57. The summed E-state index contributed by atoms with van der Waals surface area (Å²) >= 11 is 0. The molecule has 0 bridgehead atoms. The van der Waals surface area contributed by atoms with Crippen molar-refractivity contribution in [1.29, 1.82) is 0 Å². The maximum absolute atomic E-state index is 12.0. The van der Waals surface area contributed by atoms with E-state index in [9.17, 15) is 8.78 Å². The molecule has 0 amide bonds. The second-order valence-corrected chi connectivity index (χ2v) is 3.71. The molecule has 0 unspecified atom stereocenters. The van der Waals surface area contributed by atoms with Gasteiger partial charge in [0.15, 0.2) is 5.96 Å². The van der Waals surface area contributed by atoms with Gasteiger partial charge in [0.25, 0.3) is 0 Å². The summed E-state index contributed by atoms with van der Waals surface area (Å²) in [6, 6.07) is 6.44. The topological polar surface area (TPSA) is 50.8 Å². The van der Waals surface area contributed by atoms with E-state index in [-0.39, 0.29) is 29.7 Å². The molecule has 108 valence electrons. The van der Waals surface area contributed by atoms with Crippen LogP contribution >= 0.6 is 24.0 Å². The molecule has 0 radical (unpaired) electrons. The lowest BCUT2D eigenvalue weighted by atomic mass is 10.2. The number of nitrogens with zero attached hydrogens (tertiary/aromatic N) is 2. The number of alkyl halides is 2. The zero-order valence-corrected chi connectivity index (χ0v) is 13.2. The molecular formula is C12H18F2IN3O. The molecule has 0 aliphatic heterocycles. The zero-order chi connectivity index (χ0) is 13.5. The molecule has 7 heteroatoms. The van der Waals surface area contributed by atoms with Gasteiger partial charge in [-0.2, -0.15) is 8.78 Å². The van der Waals surface area contributed by atoms with Crippen LogP contribution in [0.4, 0.5) is 8.78 Å². The molecule has 0 saturated carbocycles. The maximum Gasteiger partial charge on any atom is 0.387 e. The number of nitrogens with two attached hydrogens (primary N) is 1. The van der Waals surface area contributed by atoms with Crippen molar-refractivity contribution in [2.24, 2.45) is 10.7 Å². The van der Waals surface area contributed by atoms with Crippen LogP contribution in [-0.2, 0) is 6.54 Å². The Morgan fingerprint density at radius 3 is 2.42 bits per heavy atom. The van der Waals surface area contributed by atoms with E-state index in [2.05, 4.69) is 9.73 Å². The molecule has 0 aliphatic carbocycles. The largest absolute Gasteiger partial charge is 0.435 e. The molecule has 4 nitrogen and oxygen atoms in total. The van der Waals surface area contributed by atoms with Crippen molar-refractivity contribution < 1.29 is 13.5 Å². The predicted molar refractivity (Wildman–Crippen MR) is 82.1 cm³/mol. The third kappa shape index (κ3) is 6.55. The average Bonchev–Trinajstić information content (AvgIpc) is 2.31. The highest BCUT2D eigenvalue weighted by Gasteiger charge is 2.05. The molecular weight excluding hydrogens is 367 g/mol. The Bertz CT molecular complexity index is 398. The van der Waals surface area contributed by atoms with Gasteiger partial charge >= 0.3 is 6.61 Å². The molecule has 0 atom stereocenters. The van der Waals surface area contributed by atoms with Crippen molar-refractivity contribution in [3.8, 4) is 5.75 Å². The monoisotopic (exact) mass is 385 g/mol. The SMILES string of the molecule is CCN=C(N)N(C)Cc1ccc(OC(F)F)cc1.I. The normalized spacial score (nSPS) is 11.1. The molecule has 0 fully saturated rings. The van der Waals surface area contributed by atoms with Crippen molar-refractivity contribution in [2.75, 3.05) is 13.6 Å². The van der Waals surface area contributed by atoms with Crippen LogP contribution in [-0.4, -0.2) is 31.1 Å². The number of hydrogen-bond acceptors (Lipinski definition) is 2. The molecule has 0 spiro atoms. The van der Waals surface area contributed by atoms with E-state index in [1.54, 1.807) is 17.0 Å². The van der Waals surface area contributed by atoms with Crippen LogP contribution in [0, 0.1) is 0 Å². The van der Waals surface area contributed by atoms with E-state index in [4.69, 9.17) is 5.73 Å². The third-order valence-corrected chi connectivity index (χ3v) is 2.28. The maximum atomic E-state index is 12.0. The van der Waals surface area contributed by atoms with Gasteiger partial charge in [0.1, 0.15) is 5.75 Å². The van der Waals surface area contributed by atoms with Crippen LogP contribution < -0.4 is 10.5 Å². The fourth-order valence-corrected chi connectivity index (χ4v) is 1.41. The smallest absolute Gasteiger partial charge is 0.387 e. The summed E-state index contributed by atoms with van der Waals surface area (Å²) in [5, 5.41) is 0. The molecule has 19 heavy (non-hydrogen) atoms. The highest BCUT2D eigenvalue weighted by atomic mass is 127. The minimum Gasteiger partial charge on any atom is -0.435 e. The molecule has 1 aromatic rings. The summed E-state index contributed by atoms with van der Waals surface area (Å²) < 4.78 is 28.2. The summed E-state index contributed by atoms with van der Waals surface area (Å²) in [6.45, 7) is 0.282. The highest BCUT2D eigenvalue weighted by molar-refractivity contribution is 14.0. The van der Waals surface area contributed by atoms with E-state index in [0.29, 0.717) is 19.0 Å². The van der Waals surface area contributed by atoms with Gasteiger partial charge in [-0.3, -0.25) is 4.99 Å². The van der Waals surface area contributed by atoms with Gasteiger partial charge in [-0.1, -0.05) is 12.1 Å². The number of guanidine groups is 1. The summed E-state index contributed by atoms with van der Waals surface area (Å²) in [5.74, 6) is 0.594. The predicted octanol–water partition coefficient (Wildman–Crippen LogP) is 2.67. The van der Waals surface area contributed by atoms with Crippen LogP contribution in [0.25, 0.3) is 0 Å². The van der Waals surface area contributed by atoms with Crippen molar-refractivity contribution in [1.82, 2.24) is 4.90 Å². The summed E-state index contributed by atoms with van der Waals surface area (Å²) in [5.41, 5.74) is 6.66. The molecule has 0 aromatic heterocycles. The van der Waals surface area contributed by atoms with Gasteiger partial charge in [-0.25, -0.2) is 0 Å². The Morgan fingerprint density at radius 1 is 1.37 bits per heavy atom. The van der Waals surface area contributed by atoms with Gasteiger partial charge in [-0.05, 0) is 24.6 Å². The molecule has 1 aromatic carbocycles. The first kappa shape index (κ1) is 17.9. The van der Waals surface area contributed by atoms with E-state index < -0.39 is 6.61 Å². The molecule has 0 saturated heterocycles. The summed E-state index contributed by atoms with van der Waals surface area (Å²) in [7, 11) is 1.82. The van der Waals surface area contributed by atoms with Crippen LogP contribution in [0.15, 0.2) is 29.3 Å². The van der Waals surface area contributed by atoms with Gasteiger partial charge in [-0.15, -0.1) is 24.0 Å². The van der Waals surface area contributed by atoms with Gasteiger partial charge in [0, 0.05) is 20.1 Å². The average molecular weight is 385 g/mol. The molecule has 2 N–H and O–H groups in total. The van der Waals surface area contributed by atoms with Crippen molar-refractivity contribution in [3.05, 3.63) is 29.8 Å². The van der Waals surface area contributed by atoms with Gasteiger partial charge in [0.2, 0.25) is 0 Å². The van der Waals surface area contributed by atoms with Crippen LogP contribution in [0.1, 0.15) is 12.5 Å². The fourth-order valence-electron chi connectivity index (χ4n) is 1.41. The van der Waals surface area contributed by atoms with Crippen LogP contribution in [0.5, 0.6) is 5.75 Å².